The van der Waals surface area contributed by atoms with Crippen molar-refractivity contribution in [2.75, 3.05) is 18.5 Å². The van der Waals surface area contributed by atoms with Gasteiger partial charge in [-0.3, -0.25) is 9.59 Å². The van der Waals surface area contributed by atoms with Gasteiger partial charge in [0.15, 0.2) is 0 Å². The Hall–Kier alpha value is -1.41. The van der Waals surface area contributed by atoms with E-state index in [1.165, 1.54) is 10.9 Å². The topological polar surface area (TPSA) is 96.2 Å². The van der Waals surface area contributed by atoms with Crippen molar-refractivity contribution in [1.29, 1.82) is 0 Å². The molecule has 0 aliphatic carbocycles. The van der Waals surface area contributed by atoms with Crippen LogP contribution < -0.4 is 16.2 Å². The summed E-state index contributed by atoms with van der Waals surface area (Å²) >= 11 is 3.23. The highest BCUT2D eigenvalue weighted by Gasteiger charge is 2.19. The van der Waals surface area contributed by atoms with Crippen LogP contribution in [0, 0.1) is 0 Å². The molecule has 2 heterocycles. The Morgan fingerprint density at radius 3 is 3.00 bits per heavy atom. The molecule has 1 aromatic rings. The number of aliphatic hydroxyl groups excluding tert-OH is 1. The summed E-state index contributed by atoms with van der Waals surface area (Å²) in [6.07, 6.45) is 2.74. The molecular formula is C11H15BrN4O3. The highest BCUT2D eigenvalue weighted by Crippen LogP contribution is 2.19. The SMILES string of the molecule is O=C1CCC(Nc2cnn(CCO)c(=O)c2Br)CN1. The van der Waals surface area contributed by atoms with E-state index in [1.807, 2.05) is 0 Å². The summed E-state index contributed by atoms with van der Waals surface area (Å²) in [6.45, 7) is 0.559. The second kappa shape index (κ2) is 6.16. The normalized spacial score (nSPS) is 19.1. The molecule has 0 spiro atoms. The molecule has 1 aliphatic heterocycles. The number of halogens is 1. The minimum atomic E-state index is -0.293. The first-order valence-corrected chi connectivity index (χ1v) is 6.81. The van der Waals surface area contributed by atoms with Crippen LogP contribution in [-0.2, 0) is 11.3 Å². The zero-order chi connectivity index (χ0) is 13.8. The number of carbonyl (C=O) groups is 1. The van der Waals surface area contributed by atoms with Gasteiger partial charge < -0.3 is 15.7 Å². The lowest BCUT2D eigenvalue weighted by molar-refractivity contribution is -0.122. The van der Waals surface area contributed by atoms with Gasteiger partial charge in [-0.1, -0.05) is 0 Å². The number of nitrogens with zero attached hydrogens (tertiary/aromatic N) is 2. The summed E-state index contributed by atoms with van der Waals surface area (Å²) in [7, 11) is 0. The molecule has 0 radical (unpaired) electrons. The second-order valence-corrected chi connectivity index (χ2v) is 5.10. The number of hydrogen-bond acceptors (Lipinski definition) is 5. The standard InChI is InChI=1S/C11H15BrN4O3/c12-10-8(6-14-16(3-4-17)11(10)19)15-7-1-2-9(18)13-5-7/h6-7,15,17H,1-5H2,(H,13,18). The zero-order valence-corrected chi connectivity index (χ0v) is 11.8. The third kappa shape index (κ3) is 3.32. The molecular weight excluding hydrogens is 316 g/mol. The van der Waals surface area contributed by atoms with E-state index in [0.29, 0.717) is 23.1 Å². The predicted octanol–water partition coefficient (Wildman–Crippen LogP) is -0.311. The van der Waals surface area contributed by atoms with Crippen molar-refractivity contribution in [1.82, 2.24) is 15.1 Å². The number of anilines is 1. The maximum Gasteiger partial charge on any atom is 0.283 e. The number of aliphatic hydroxyl groups is 1. The molecule has 0 bridgehead atoms. The number of aromatic nitrogens is 2. The lowest BCUT2D eigenvalue weighted by Gasteiger charge is -2.24. The van der Waals surface area contributed by atoms with Crippen molar-refractivity contribution < 1.29 is 9.90 Å². The van der Waals surface area contributed by atoms with Crippen LogP contribution in [0.1, 0.15) is 12.8 Å². The highest BCUT2D eigenvalue weighted by atomic mass is 79.9. The van der Waals surface area contributed by atoms with Crippen LogP contribution in [0.5, 0.6) is 0 Å². The molecule has 1 saturated heterocycles. The van der Waals surface area contributed by atoms with E-state index in [4.69, 9.17) is 5.11 Å². The van der Waals surface area contributed by atoms with Gasteiger partial charge in [0.05, 0.1) is 25.0 Å². The first kappa shape index (κ1) is 14.0. The smallest absolute Gasteiger partial charge is 0.283 e. The largest absolute Gasteiger partial charge is 0.394 e. The molecule has 0 aromatic carbocycles. The molecule has 1 aromatic heterocycles. The fraction of sp³-hybridized carbons (Fsp3) is 0.545. The van der Waals surface area contributed by atoms with Crippen LogP contribution in [-0.4, -0.2) is 40.0 Å². The van der Waals surface area contributed by atoms with Crippen LogP contribution in [0.25, 0.3) is 0 Å². The van der Waals surface area contributed by atoms with Crippen molar-refractivity contribution in [3.05, 3.63) is 21.0 Å². The minimum absolute atomic E-state index is 0.0496. The first-order chi connectivity index (χ1) is 9.11. The average Bonchev–Trinajstić information content (AvgIpc) is 2.41. The molecule has 3 N–H and O–H groups in total. The lowest BCUT2D eigenvalue weighted by atomic mass is 10.1. The molecule has 8 heteroatoms. The van der Waals surface area contributed by atoms with Crippen molar-refractivity contribution in [3.63, 3.8) is 0 Å². The van der Waals surface area contributed by atoms with Gasteiger partial charge >= 0.3 is 0 Å². The number of amides is 1. The molecule has 1 aliphatic rings. The van der Waals surface area contributed by atoms with Crippen LogP contribution >= 0.6 is 15.9 Å². The van der Waals surface area contributed by atoms with Gasteiger partial charge in [-0.25, -0.2) is 4.68 Å². The summed E-state index contributed by atoms with van der Waals surface area (Å²) < 4.78 is 1.57. The minimum Gasteiger partial charge on any atom is -0.394 e. The fourth-order valence-corrected chi connectivity index (χ4v) is 2.32. The van der Waals surface area contributed by atoms with E-state index >= 15 is 0 Å². The molecule has 1 amide bonds. The van der Waals surface area contributed by atoms with Crippen LogP contribution in [0.4, 0.5) is 5.69 Å². The number of piperidine rings is 1. The maximum atomic E-state index is 11.9. The lowest BCUT2D eigenvalue weighted by Crippen LogP contribution is -2.42. The van der Waals surface area contributed by atoms with Crippen molar-refractivity contribution in [2.24, 2.45) is 0 Å². The number of hydrogen-bond donors (Lipinski definition) is 3. The van der Waals surface area contributed by atoms with Gasteiger partial charge in [-0.05, 0) is 22.4 Å². The number of nitrogens with one attached hydrogen (secondary N) is 2. The fourth-order valence-electron chi connectivity index (χ4n) is 1.90. The monoisotopic (exact) mass is 330 g/mol. The Balaban J connectivity index is 2.11. The third-order valence-electron chi connectivity index (χ3n) is 2.92. The molecule has 2 rings (SSSR count). The molecule has 1 fully saturated rings. The van der Waals surface area contributed by atoms with E-state index in [0.717, 1.165) is 6.42 Å². The molecule has 19 heavy (non-hydrogen) atoms. The Morgan fingerprint density at radius 2 is 2.37 bits per heavy atom. The van der Waals surface area contributed by atoms with Crippen molar-refractivity contribution in [2.45, 2.75) is 25.4 Å². The maximum absolute atomic E-state index is 11.9. The van der Waals surface area contributed by atoms with E-state index in [1.54, 1.807) is 0 Å². The Labute approximate surface area is 118 Å². The first-order valence-electron chi connectivity index (χ1n) is 6.01. The summed E-state index contributed by atoms with van der Waals surface area (Å²) in [5, 5.41) is 18.7. The van der Waals surface area contributed by atoms with E-state index in [9.17, 15) is 9.59 Å². The van der Waals surface area contributed by atoms with Gasteiger partial charge in [-0.2, -0.15) is 5.10 Å². The van der Waals surface area contributed by atoms with Gasteiger partial charge in [-0.15, -0.1) is 0 Å². The predicted molar refractivity (Wildman–Crippen MR) is 72.9 cm³/mol. The Bertz CT molecular complexity index is 521. The summed E-state index contributed by atoms with van der Waals surface area (Å²) in [5.41, 5.74) is 0.305. The van der Waals surface area contributed by atoms with Gasteiger partial charge in [0.1, 0.15) is 4.47 Å². The molecule has 104 valence electrons. The highest BCUT2D eigenvalue weighted by molar-refractivity contribution is 9.10. The summed E-state index contributed by atoms with van der Waals surface area (Å²) in [4.78, 5) is 23.0. The molecule has 7 nitrogen and oxygen atoms in total. The van der Waals surface area contributed by atoms with Crippen molar-refractivity contribution >= 4 is 27.5 Å². The Kier molecular flexibility index (Phi) is 4.54. The van der Waals surface area contributed by atoms with E-state index in [-0.39, 0.29) is 30.7 Å². The van der Waals surface area contributed by atoms with Crippen LogP contribution in [0.2, 0.25) is 0 Å². The molecule has 0 saturated carbocycles. The summed E-state index contributed by atoms with van der Waals surface area (Å²) in [6, 6.07) is 0.0869. The average molecular weight is 331 g/mol. The van der Waals surface area contributed by atoms with E-state index in [2.05, 4.69) is 31.7 Å². The van der Waals surface area contributed by atoms with Gasteiger partial charge in [0.25, 0.3) is 5.56 Å². The molecule has 1 unspecified atom stereocenters. The van der Waals surface area contributed by atoms with Crippen LogP contribution in [0.3, 0.4) is 0 Å². The zero-order valence-electron chi connectivity index (χ0n) is 10.2. The molecule has 1 atom stereocenters. The quantitative estimate of drug-likeness (QED) is 0.703. The Morgan fingerprint density at radius 1 is 1.58 bits per heavy atom. The van der Waals surface area contributed by atoms with Gasteiger partial charge in [0, 0.05) is 19.0 Å². The second-order valence-electron chi connectivity index (χ2n) is 4.31. The number of rotatable bonds is 4. The van der Waals surface area contributed by atoms with Gasteiger partial charge in [0.2, 0.25) is 5.91 Å². The van der Waals surface area contributed by atoms with Crippen LogP contribution in [0.15, 0.2) is 15.5 Å². The van der Waals surface area contributed by atoms with Crippen molar-refractivity contribution in [3.8, 4) is 0 Å². The summed E-state index contributed by atoms with van der Waals surface area (Å²) in [5.74, 6) is 0.0496. The van der Waals surface area contributed by atoms with E-state index < -0.39 is 0 Å². The third-order valence-corrected chi connectivity index (χ3v) is 3.69. The number of carbonyl (C=O) groups excluding carboxylic acids is 1.